The number of hydrogen-bond acceptors (Lipinski definition) is 6. The molecule has 0 radical (unpaired) electrons. The van der Waals surface area contributed by atoms with E-state index in [-0.39, 0.29) is 21.8 Å². The molecule has 1 N–H and O–H groups in total. The number of nitrogens with zero attached hydrogens (tertiary/aromatic N) is 4. The van der Waals surface area contributed by atoms with Crippen LogP contribution in [0.3, 0.4) is 0 Å². The van der Waals surface area contributed by atoms with E-state index in [1.54, 1.807) is 12.1 Å². The van der Waals surface area contributed by atoms with Crippen molar-refractivity contribution in [3.05, 3.63) is 42.0 Å². The van der Waals surface area contributed by atoms with Gasteiger partial charge in [-0.15, -0.1) is 0 Å². The zero-order valence-corrected chi connectivity index (χ0v) is 21.1. The van der Waals surface area contributed by atoms with Crippen LogP contribution in [-0.4, -0.2) is 52.8 Å². The summed E-state index contributed by atoms with van der Waals surface area (Å²) in [6.45, 7) is 11.2. The van der Waals surface area contributed by atoms with Crippen LogP contribution < -0.4 is 5.32 Å². The van der Waals surface area contributed by atoms with Gasteiger partial charge >= 0.3 is 0 Å². The van der Waals surface area contributed by atoms with E-state index in [0.29, 0.717) is 18.0 Å². The molecule has 2 aromatic heterocycles. The van der Waals surface area contributed by atoms with Gasteiger partial charge in [0, 0.05) is 31.7 Å². The predicted molar refractivity (Wildman–Crippen MR) is 129 cm³/mol. The summed E-state index contributed by atoms with van der Waals surface area (Å²) in [6, 6.07) is 5.01. The van der Waals surface area contributed by atoms with E-state index in [1.807, 2.05) is 13.0 Å². The molecule has 0 atom stereocenters. The molecule has 184 valence electrons. The first kappa shape index (κ1) is 24.4. The van der Waals surface area contributed by atoms with Crippen LogP contribution in [0.1, 0.15) is 63.1 Å². The number of aromatic nitrogens is 4. The van der Waals surface area contributed by atoms with Crippen molar-refractivity contribution in [1.29, 1.82) is 0 Å². The van der Waals surface area contributed by atoms with Crippen molar-refractivity contribution in [3.63, 3.8) is 0 Å². The largest absolute Gasteiger partial charge is 0.381 e. The Labute approximate surface area is 200 Å². The minimum absolute atomic E-state index is 0.0831. The number of carbonyl (C=O) groups excluding carboxylic acids is 1. The van der Waals surface area contributed by atoms with Gasteiger partial charge in [0.15, 0.2) is 0 Å². The molecule has 0 bridgehead atoms. The molecule has 3 heterocycles. The van der Waals surface area contributed by atoms with Crippen molar-refractivity contribution in [1.82, 2.24) is 24.1 Å². The molecule has 1 aromatic carbocycles. The van der Waals surface area contributed by atoms with Gasteiger partial charge in [0.2, 0.25) is 0 Å². The quantitative estimate of drug-likeness (QED) is 0.548. The molecule has 1 amide bonds. The molecule has 34 heavy (non-hydrogen) atoms. The Kier molecular flexibility index (Phi) is 6.82. The van der Waals surface area contributed by atoms with Crippen LogP contribution >= 0.6 is 0 Å². The topological polar surface area (TPSA) is 108 Å². The van der Waals surface area contributed by atoms with Crippen LogP contribution in [0.5, 0.6) is 0 Å². The normalized spacial score (nSPS) is 15.6. The third kappa shape index (κ3) is 4.88. The lowest BCUT2D eigenvalue weighted by molar-refractivity contribution is 0.0611. The fraction of sp³-hybridized carbons (Fsp3) is 0.542. The van der Waals surface area contributed by atoms with E-state index in [4.69, 9.17) is 9.72 Å². The first-order chi connectivity index (χ1) is 16.1. The molecule has 1 fully saturated rings. The number of fused-ring (bicyclic) bond motifs is 1. The molecule has 0 unspecified atom stereocenters. The molecule has 9 nitrogen and oxygen atoms in total. The summed E-state index contributed by atoms with van der Waals surface area (Å²) in [7, 11) is -3.97. The van der Waals surface area contributed by atoms with Crippen LogP contribution in [0.15, 0.2) is 35.5 Å². The van der Waals surface area contributed by atoms with Gasteiger partial charge in [-0.25, -0.2) is 4.98 Å². The van der Waals surface area contributed by atoms with Crippen LogP contribution in [0.2, 0.25) is 0 Å². The first-order valence-corrected chi connectivity index (χ1v) is 13.2. The lowest BCUT2D eigenvalue weighted by Gasteiger charge is -2.26. The Morgan fingerprint density at radius 2 is 1.97 bits per heavy atom. The summed E-state index contributed by atoms with van der Waals surface area (Å²) in [4.78, 5) is 17.1. The molecule has 0 saturated carbocycles. The third-order valence-electron chi connectivity index (χ3n) is 6.07. The van der Waals surface area contributed by atoms with Crippen LogP contribution in [0.4, 0.5) is 0 Å². The second kappa shape index (κ2) is 9.50. The molecule has 1 aliphatic rings. The molecule has 3 aromatic rings. The van der Waals surface area contributed by atoms with Crippen molar-refractivity contribution in [2.75, 3.05) is 19.8 Å². The minimum Gasteiger partial charge on any atom is -0.381 e. The molecule has 10 heteroatoms. The molecule has 1 saturated heterocycles. The van der Waals surface area contributed by atoms with E-state index in [9.17, 15) is 13.2 Å². The van der Waals surface area contributed by atoms with Gasteiger partial charge in [-0.2, -0.15) is 17.6 Å². The molecule has 0 aliphatic carbocycles. The maximum Gasteiger partial charge on any atom is 0.283 e. The zero-order valence-electron chi connectivity index (χ0n) is 20.2. The molecule has 1 aliphatic heterocycles. The van der Waals surface area contributed by atoms with E-state index in [2.05, 4.69) is 35.8 Å². The van der Waals surface area contributed by atoms with Gasteiger partial charge in [0.1, 0.15) is 5.82 Å². The summed E-state index contributed by atoms with van der Waals surface area (Å²) >= 11 is 0. The van der Waals surface area contributed by atoms with E-state index in [1.165, 1.54) is 12.4 Å². The van der Waals surface area contributed by atoms with Crippen LogP contribution in [-0.2, 0) is 26.7 Å². The van der Waals surface area contributed by atoms with E-state index < -0.39 is 10.0 Å². The van der Waals surface area contributed by atoms with Crippen molar-refractivity contribution in [2.24, 2.45) is 5.92 Å². The van der Waals surface area contributed by atoms with Crippen molar-refractivity contribution >= 4 is 27.0 Å². The fourth-order valence-electron chi connectivity index (χ4n) is 4.22. The average molecular weight is 488 g/mol. The highest BCUT2D eigenvalue weighted by molar-refractivity contribution is 7.89. The Balaban J connectivity index is 1.69. The summed E-state index contributed by atoms with van der Waals surface area (Å²) in [5, 5.41) is 6.67. The van der Waals surface area contributed by atoms with Gasteiger partial charge in [-0.1, -0.05) is 27.7 Å². The second-order valence-electron chi connectivity index (χ2n) is 9.86. The maximum atomic E-state index is 13.3. The van der Waals surface area contributed by atoms with Crippen LogP contribution in [0, 0.1) is 5.92 Å². The van der Waals surface area contributed by atoms with Crippen molar-refractivity contribution < 1.29 is 17.9 Å². The number of carbonyl (C=O) groups is 1. The summed E-state index contributed by atoms with van der Waals surface area (Å²) < 4.78 is 35.1. The average Bonchev–Trinajstić information content (AvgIpc) is 3.44. The minimum atomic E-state index is -3.97. The Hall–Kier alpha value is -2.72. The number of hydrogen-bond donors (Lipinski definition) is 1. The summed E-state index contributed by atoms with van der Waals surface area (Å²) in [6.07, 6.45) is 5.30. The third-order valence-corrected chi connectivity index (χ3v) is 7.62. The first-order valence-electron chi connectivity index (χ1n) is 11.8. The van der Waals surface area contributed by atoms with Crippen molar-refractivity contribution in [3.8, 4) is 0 Å². The van der Waals surface area contributed by atoms with Gasteiger partial charge in [-0.05, 0) is 43.4 Å². The van der Waals surface area contributed by atoms with E-state index in [0.717, 1.165) is 54.4 Å². The lowest BCUT2D eigenvalue weighted by atomic mass is 9.94. The fourth-order valence-corrected chi connectivity index (χ4v) is 5.36. The number of benzene rings is 1. The predicted octanol–water partition coefficient (Wildman–Crippen LogP) is 3.33. The second-order valence-corrected chi connectivity index (χ2v) is 11.7. The number of nitrogens with one attached hydrogen (secondary N) is 1. The Morgan fingerprint density at radius 3 is 2.65 bits per heavy atom. The van der Waals surface area contributed by atoms with Crippen molar-refractivity contribution in [2.45, 2.75) is 63.8 Å². The maximum absolute atomic E-state index is 13.3. The number of ether oxygens (including phenoxy) is 1. The van der Waals surface area contributed by atoms with Crippen LogP contribution in [0.25, 0.3) is 11.0 Å². The monoisotopic (exact) mass is 487 g/mol. The zero-order chi connectivity index (χ0) is 24.5. The Bertz CT molecular complexity index is 1280. The molecular weight excluding hydrogens is 454 g/mol. The smallest absolute Gasteiger partial charge is 0.283 e. The standard InChI is InChI=1S/C24H33N5O4S/c1-5-10-25-22(30)18-14-26-29(16-18)34(31,32)19-6-7-21-20(13-19)27-23(24(2,3)4)28(21)15-17-8-11-33-12-9-17/h6-7,13-14,16-17H,5,8-12,15H2,1-4H3,(H,25,30). The number of amides is 1. The van der Waals surface area contributed by atoms with Gasteiger partial charge in [0.25, 0.3) is 15.9 Å². The van der Waals surface area contributed by atoms with E-state index >= 15 is 0 Å². The number of rotatable bonds is 7. The summed E-state index contributed by atoms with van der Waals surface area (Å²) in [5.41, 5.74) is 1.54. The highest BCUT2D eigenvalue weighted by Crippen LogP contribution is 2.30. The SMILES string of the molecule is CCCNC(=O)c1cnn(S(=O)(=O)c2ccc3c(c2)nc(C(C)(C)C)n3CC2CCOCC2)c1. The van der Waals surface area contributed by atoms with Gasteiger partial charge < -0.3 is 14.6 Å². The molecule has 4 rings (SSSR count). The summed E-state index contributed by atoms with van der Waals surface area (Å²) in [5.74, 6) is 1.08. The highest BCUT2D eigenvalue weighted by atomic mass is 32.2. The van der Waals surface area contributed by atoms with Gasteiger partial charge in [0.05, 0.1) is 33.9 Å². The lowest BCUT2D eigenvalue weighted by Crippen LogP contribution is -2.25. The highest BCUT2D eigenvalue weighted by Gasteiger charge is 2.27. The van der Waals surface area contributed by atoms with Gasteiger partial charge in [-0.3, -0.25) is 4.79 Å². The Morgan fingerprint density at radius 1 is 1.24 bits per heavy atom. The molecule has 0 spiro atoms. The number of imidazole rings is 1. The molecular formula is C24H33N5O4S.